The number of anilines is 1. The van der Waals surface area contributed by atoms with Crippen molar-refractivity contribution in [3.8, 4) is 0 Å². The van der Waals surface area contributed by atoms with E-state index in [9.17, 15) is 5.11 Å². The van der Waals surface area contributed by atoms with Crippen LogP contribution < -0.4 is 5.73 Å². The van der Waals surface area contributed by atoms with Crippen LogP contribution in [0.25, 0.3) is 0 Å². The Bertz CT molecular complexity index is 483. The van der Waals surface area contributed by atoms with Gasteiger partial charge in [0.25, 0.3) is 0 Å². The Morgan fingerprint density at radius 3 is 2.69 bits per heavy atom. The Balaban J connectivity index is 2.34. The van der Waals surface area contributed by atoms with Gasteiger partial charge in [-0.25, -0.2) is 0 Å². The molecule has 0 unspecified atom stereocenters. The molecule has 1 aromatic carbocycles. The molecule has 0 aliphatic heterocycles. The summed E-state index contributed by atoms with van der Waals surface area (Å²) in [6.45, 7) is 1.94. The van der Waals surface area contributed by atoms with Crippen molar-refractivity contribution in [2.45, 2.75) is 13.0 Å². The van der Waals surface area contributed by atoms with Crippen LogP contribution in [0.5, 0.6) is 0 Å². The summed E-state index contributed by atoms with van der Waals surface area (Å²) < 4.78 is 0. The monoisotopic (exact) mass is 214 g/mol. The van der Waals surface area contributed by atoms with Crippen molar-refractivity contribution in [1.29, 1.82) is 0 Å². The molecule has 0 spiro atoms. The van der Waals surface area contributed by atoms with E-state index in [0.717, 1.165) is 11.1 Å². The van der Waals surface area contributed by atoms with Gasteiger partial charge >= 0.3 is 0 Å². The van der Waals surface area contributed by atoms with Gasteiger partial charge in [-0.3, -0.25) is 4.98 Å². The lowest BCUT2D eigenvalue weighted by molar-refractivity contribution is 0.215. The first-order chi connectivity index (χ1) is 7.68. The number of pyridine rings is 1. The molecule has 3 N–H and O–H groups in total. The van der Waals surface area contributed by atoms with Crippen LogP contribution >= 0.6 is 0 Å². The number of hydrogen-bond donors (Lipinski definition) is 2. The van der Waals surface area contributed by atoms with Crippen LogP contribution in [0.15, 0.2) is 42.6 Å². The van der Waals surface area contributed by atoms with Crippen molar-refractivity contribution in [1.82, 2.24) is 4.98 Å². The lowest BCUT2D eigenvalue weighted by Gasteiger charge is -2.11. The molecule has 0 saturated heterocycles. The molecule has 0 fully saturated rings. The van der Waals surface area contributed by atoms with Crippen molar-refractivity contribution in [2.24, 2.45) is 0 Å². The molecule has 3 nitrogen and oxygen atoms in total. The van der Waals surface area contributed by atoms with Crippen molar-refractivity contribution < 1.29 is 5.11 Å². The van der Waals surface area contributed by atoms with Gasteiger partial charge in [0.05, 0.1) is 5.69 Å². The molecule has 1 aromatic heterocycles. The number of aryl methyl sites for hydroxylation is 1. The number of aliphatic hydroxyl groups excluding tert-OH is 1. The molecule has 0 aliphatic carbocycles. The molecular formula is C13H14N2O. The third-order valence-electron chi connectivity index (χ3n) is 2.59. The van der Waals surface area contributed by atoms with E-state index >= 15 is 0 Å². The lowest BCUT2D eigenvalue weighted by atomic mass is 10.0. The second-order valence-electron chi connectivity index (χ2n) is 3.77. The topological polar surface area (TPSA) is 59.1 Å². The molecular weight excluding hydrogens is 200 g/mol. The Hall–Kier alpha value is -1.87. The van der Waals surface area contributed by atoms with Gasteiger partial charge in [0.2, 0.25) is 0 Å². The van der Waals surface area contributed by atoms with Gasteiger partial charge < -0.3 is 10.8 Å². The van der Waals surface area contributed by atoms with Gasteiger partial charge in [-0.15, -0.1) is 0 Å². The Morgan fingerprint density at radius 2 is 2.06 bits per heavy atom. The van der Waals surface area contributed by atoms with Gasteiger partial charge in [-0.2, -0.15) is 0 Å². The predicted molar refractivity (Wildman–Crippen MR) is 63.9 cm³/mol. The van der Waals surface area contributed by atoms with Crippen LogP contribution in [-0.4, -0.2) is 10.1 Å². The van der Waals surface area contributed by atoms with Crippen molar-refractivity contribution in [3.05, 3.63) is 59.4 Å². The van der Waals surface area contributed by atoms with Crippen molar-refractivity contribution in [2.75, 3.05) is 5.73 Å². The Kier molecular flexibility index (Phi) is 2.88. The minimum absolute atomic E-state index is 0.630. The molecule has 2 aromatic rings. The normalized spacial score (nSPS) is 12.4. The minimum atomic E-state index is -0.718. The summed E-state index contributed by atoms with van der Waals surface area (Å²) >= 11 is 0. The first kappa shape index (κ1) is 10.6. The molecule has 16 heavy (non-hydrogen) atoms. The fourth-order valence-electron chi connectivity index (χ4n) is 1.54. The largest absolute Gasteiger partial charge is 0.399 e. The number of nitrogens with two attached hydrogens (primary N) is 1. The Labute approximate surface area is 94.6 Å². The quantitative estimate of drug-likeness (QED) is 0.752. The Morgan fingerprint density at radius 1 is 1.25 bits per heavy atom. The van der Waals surface area contributed by atoms with Crippen LogP contribution in [0.1, 0.15) is 22.9 Å². The van der Waals surface area contributed by atoms with Crippen LogP contribution in [0, 0.1) is 6.92 Å². The molecule has 0 saturated carbocycles. The maximum absolute atomic E-state index is 10.1. The number of aliphatic hydroxyl groups is 1. The number of benzene rings is 1. The average Bonchev–Trinajstić information content (AvgIpc) is 2.33. The van der Waals surface area contributed by atoms with Crippen LogP contribution in [0.3, 0.4) is 0 Å². The van der Waals surface area contributed by atoms with Crippen LogP contribution in [-0.2, 0) is 0 Å². The summed E-state index contributed by atoms with van der Waals surface area (Å²) in [5.41, 5.74) is 8.90. The zero-order valence-electron chi connectivity index (χ0n) is 9.09. The predicted octanol–water partition coefficient (Wildman–Crippen LogP) is 2.05. The molecule has 2 rings (SSSR count). The van der Waals surface area contributed by atoms with E-state index in [-0.39, 0.29) is 0 Å². The highest BCUT2D eigenvalue weighted by molar-refractivity contribution is 5.49. The molecule has 0 amide bonds. The molecule has 1 heterocycles. The average molecular weight is 214 g/mol. The zero-order valence-corrected chi connectivity index (χ0v) is 9.09. The first-order valence-electron chi connectivity index (χ1n) is 5.13. The molecule has 0 aliphatic rings. The lowest BCUT2D eigenvalue weighted by Crippen LogP contribution is -2.03. The molecule has 0 radical (unpaired) electrons. The summed E-state index contributed by atoms with van der Waals surface area (Å²) in [4.78, 5) is 4.12. The van der Waals surface area contributed by atoms with E-state index in [2.05, 4.69) is 4.98 Å². The van der Waals surface area contributed by atoms with E-state index in [0.29, 0.717) is 11.4 Å². The smallest absolute Gasteiger partial charge is 0.121 e. The number of nitrogens with zero attached hydrogens (tertiary/aromatic N) is 1. The second-order valence-corrected chi connectivity index (χ2v) is 3.77. The van der Waals surface area contributed by atoms with Crippen LogP contribution in [0.4, 0.5) is 5.69 Å². The highest BCUT2D eigenvalue weighted by Gasteiger charge is 2.11. The van der Waals surface area contributed by atoms with Crippen molar-refractivity contribution >= 4 is 5.69 Å². The minimum Gasteiger partial charge on any atom is -0.399 e. The number of aromatic nitrogens is 1. The van der Waals surface area contributed by atoms with Gasteiger partial charge in [0.1, 0.15) is 6.10 Å². The standard InChI is InChI=1S/C13H14N2O/c1-9-5-6-10(8-11(9)14)13(16)12-4-2-3-7-15-12/h2-8,13,16H,14H2,1H3/t13-/m1/s1. The molecule has 3 heteroatoms. The number of nitrogen functional groups attached to an aromatic ring is 1. The summed E-state index contributed by atoms with van der Waals surface area (Å²) in [6.07, 6.45) is 0.944. The third kappa shape index (κ3) is 2.04. The molecule has 82 valence electrons. The zero-order chi connectivity index (χ0) is 11.5. The first-order valence-corrected chi connectivity index (χ1v) is 5.13. The maximum Gasteiger partial charge on any atom is 0.121 e. The fourth-order valence-corrected chi connectivity index (χ4v) is 1.54. The van der Waals surface area contributed by atoms with Gasteiger partial charge in [0.15, 0.2) is 0 Å². The molecule has 0 bridgehead atoms. The fraction of sp³-hybridized carbons (Fsp3) is 0.154. The summed E-state index contributed by atoms with van der Waals surface area (Å²) in [7, 11) is 0. The number of rotatable bonds is 2. The van der Waals surface area contributed by atoms with Gasteiger partial charge in [0, 0.05) is 11.9 Å². The van der Waals surface area contributed by atoms with Gasteiger partial charge in [-0.1, -0.05) is 18.2 Å². The highest BCUT2D eigenvalue weighted by atomic mass is 16.3. The van der Waals surface area contributed by atoms with E-state index in [4.69, 9.17) is 5.73 Å². The van der Waals surface area contributed by atoms with E-state index in [1.54, 1.807) is 18.3 Å². The van der Waals surface area contributed by atoms with Crippen molar-refractivity contribution in [3.63, 3.8) is 0 Å². The maximum atomic E-state index is 10.1. The van der Waals surface area contributed by atoms with E-state index in [1.165, 1.54) is 0 Å². The van der Waals surface area contributed by atoms with E-state index < -0.39 is 6.10 Å². The number of hydrogen-bond acceptors (Lipinski definition) is 3. The molecule has 1 atom stereocenters. The summed E-state index contributed by atoms with van der Waals surface area (Å²) in [5.74, 6) is 0. The van der Waals surface area contributed by atoms with Gasteiger partial charge in [-0.05, 0) is 36.2 Å². The van der Waals surface area contributed by atoms with E-state index in [1.807, 2.05) is 31.2 Å². The summed E-state index contributed by atoms with van der Waals surface area (Å²) in [6, 6.07) is 11.0. The third-order valence-corrected chi connectivity index (χ3v) is 2.59. The second kappa shape index (κ2) is 4.33. The summed E-state index contributed by atoms with van der Waals surface area (Å²) in [5, 5.41) is 10.1. The highest BCUT2D eigenvalue weighted by Crippen LogP contribution is 2.23. The van der Waals surface area contributed by atoms with Crippen LogP contribution in [0.2, 0.25) is 0 Å². The SMILES string of the molecule is Cc1ccc([C@@H](O)c2ccccn2)cc1N.